The first-order valence-electron chi connectivity index (χ1n) is 10.4. The van der Waals surface area contributed by atoms with Gasteiger partial charge in [0.05, 0.1) is 5.69 Å². The molecule has 1 amide bonds. The molecule has 4 rings (SSSR count). The summed E-state index contributed by atoms with van der Waals surface area (Å²) in [6.07, 6.45) is 0. The molecule has 7 heteroatoms. The summed E-state index contributed by atoms with van der Waals surface area (Å²) < 4.78 is 0. The number of thiophene rings is 1. The number of rotatable bonds is 7. The highest BCUT2D eigenvalue weighted by molar-refractivity contribution is 7.17. The SMILES string of the molecule is CCN1CCN(Cc2ccc(CNC(=O)c3sc(-c4ccsc4)nc3C)cc2)CC1. The molecule has 0 unspecified atom stereocenters. The summed E-state index contributed by atoms with van der Waals surface area (Å²) in [5, 5.41) is 8.04. The second-order valence-corrected chi connectivity index (χ2v) is 9.43. The number of nitrogens with zero attached hydrogens (tertiary/aromatic N) is 3. The molecule has 1 aromatic carbocycles. The van der Waals surface area contributed by atoms with E-state index in [1.54, 1.807) is 11.3 Å². The van der Waals surface area contributed by atoms with Crippen LogP contribution >= 0.6 is 22.7 Å². The fourth-order valence-corrected chi connectivity index (χ4v) is 5.36. The summed E-state index contributed by atoms with van der Waals surface area (Å²) in [4.78, 5) is 22.9. The Hall–Kier alpha value is -2.06. The van der Waals surface area contributed by atoms with Crippen molar-refractivity contribution in [3.05, 3.63) is 62.8 Å². The number of aromatic nitrogens is 1. The van der Waals surface area contributed by atoms with Crippen molar-refractivity contribution in [2.75, 3.05) is 32.7 Å². The summed E-state index contributed by atoms with van der Waals surface area (Å²) in [6.45, 7) is 11.4. The predicted octanol–water partition coefficient (Wildman–Crippen LogP) is 4.25. The van der Waals surface area contributed by atoms with Gasteiger partial charge in [0, 0.05) is 50.2 Å². The zero-order chi connectivity index (χ0) is 20.9. The van der Waals surface area contributed by atoms with E-state index in [1.165, 1.54) is 16.9 Å². The number of hydrogen-bond donors (Lipinski definition) is 1. The summed E-state index contributed by atoms with van der Waals surface area (Å²) in [6, 6.07) is 10.6. The van der Waals surface area contributed by atoms with Crippen LogP contribution in [-0.2, 0) is 13.1 Å². The van der Waals surface area contributed by atoms with Crippen molar-refractivity contribution in [3.8, 4) is 10.6 Å². The fraction of sp³-hybridized carbons (Fsp3) is 0.391. The van der Waals surface area contributed by atoms with Crippen LogP contribution in [-0.4, -0.2) is 53.4 Å². The highest BCUT2D eigenvalue weighted by Gasteiger charge is 2.17. The van der Waals surface area contributed by atoms with Crippen molar-refractivity contribution in [1.29, 1.82) is 0 Å². The van der Waals surface area contributed by atoms with Gasteiger partial charge in [-0.25, -0.2) is 4.98 Å². The van der Waals surface area contributed by atoms with Gasteiger partial charge in [-0.1, -0.05) is 31.2 Å². The number of benzene rings is 1. The van der Waals surface area contributed by atoms with E-state index in [0.717, 1.165) is 61.1 Å². The zero-order valence-electron chi connectivity index (χ0n) is 17.6. The largest absolute Gasteiger partial charge is 0.347 e. The molecule has 0 atom stereocenters. The summed E-state index contributed by atoms with van der Waals surface area (Å²) >= 11 is 3.10. The third kappa shape index (κ3) is 5.16. The lowest BCUT2D eigenvalue weighted by molar-refractivity contribution is 0.0954. The third-order valence-corrected chi connectivity index (χ3v) is 7.45. The van der Waals surface area contributed by atoms with E-state index in [0.29, 0.717) is 11.4 Å². The first kappa shape index (κ1) is 21.2. The molecule has 5 nitrogen and oxygen atoms in total. The van der Waals surface area contributed by atoms with Crippen LogP contribution in [0.5, 0.6) is 0 Å². The third-order valence-electron chi connectivity index (χ3n) is 5.57. The molecule has 2 aromatic heterocycles. The van der Waals surface area contributed by atoms with Gasteiger partial charge >= 0.3 is 0 Å². The Balaban J connectivity index is 1.29. The molecule has 0 spiro atoms. The van der Waals surface area contributed by atoms with Gasteiger partial charge in [0.15, 0.2) is 0 Å². The molecule has 1 fully saturated rings. The van der Waals surface area contributed by atoms with Crippen LogP contribution in [0, 0.1) is 6.92 Å². The van der Waals surface area contributed by atoms with Crippen molar-refractivity contribution in [2.24, 2.45) is 0 Å². The van der Waals surface area contributed by atoms with E-state index in [2.05, 4.69) is 56.7 Å². The molecule has 0 bridgehead atoms. The van der Waals surface area contributed by atoms with Gasteiger partial charge in [-0.2, -0.15) is 11.3 Å². The summed E-state index contributed by atoms with van der Waals surface area (Å²) in [7, 11) is 0. The summed E-state index contributed by atoms with van der Waals surface area (Å²) in [5.41, 5.74) is 4.31. The lowest BCUT2D eigenvalue weighted by Gasteiger charge is -2.34. The molecule has 0 aliphatic carbocycles. The molecule has 0 radical (unpaired) electrons. The maximum Gasteiger partial charge on any atom is 0.263 e. The highest BCUT2D eigenvalue weighted by Crippen LogP contribution is 2.29. The Morgan fingerprint density at radius 3 is 2.43 bits per heavy atom. The normalized spacial score (nSPS) is 15.4. The topological polar surface area (TPSA) is 48.5 Å². The lowest BCUT2D eigenvalue weighted by Crippen LogP contribution is -2.45. The van der Waals surface area contributed by atoms with E-state index in [4.69, 9.17) is 0 Å². The van der Waals surface area contributed by atoms with E-state index < -0.39 is 0 Å². The smallest absolute Gasteiger partial charge is 0.263 e. The van der Waals surface area contributed by atoms with Gasteiger partial charge in [-0.3, -0.25) is 9.69 Å². The van der Waals surface area contributed by atoms with Crippen LogP contribution < -0.4 is 5.32 Å². The molecule has 1 saturated heterocycles. The number of hydrogen-bond acceptors (Lipinski definition) is 6. The fourth-order valence-electron chi connectivity index (χ4n) is 3.66. The van der Waals surface area contributed by atoms with Crippen LogP contribution in [0.1, 0.15) is 33.4 Å². The monoisotopic (exact) mass is 440 g/mol. The second-order valence-electron chi connectivity index (χ2n) is 7.66. The Morgan fingerprint density at radius 1 is 1.07 bits per heavy atom. The van der Waals surface area contributed by atoms with Crippen LogP contribution in [0.3, 0.4) is 0 Å². The van der Waals surface area contributed by atoms with Crippen LogP contribution in [0.2, 0.25) is 0 Å². The van der Waals surface area contributed by atoms with Crippen molar-refractivity contribution < 1.29 is 4.79 Å². The van der Waals surface area contributed by atoms with E-state index in [9.17, 15) is 4.79 Å². The first-order chi connectivity index (χ1) is 14.6. The van der Waals surface area contributed by atoms with Crippen molar-refractivity contribution in [3.63, 3.8) is 0 Å². The van der Waals surface area contributed by atoms with Gasteiger partial charge in [0.25, 0.3) is 5.91 Å². The number of amides is 1. The molecule has 0 saturated carbocycles. The van der Waals surface area contributed by atoms with Crippen molar-refractivity contribution in [2.45, 2.75) is 26.9 Å². The lowest BCUT2D eigenvalue weighted by atomic mass is 10.1. The number of piperazine rings is 1. The van der Waals surface area contributed by atoms with E-state index in [1.807, 2.05) is 18.4 Å². The Kier molecular flexibility index (Phi) is 6.94. The molecule has 1 aliphatic rings. The average molecular weight is 441 g/mol. The number of thiazole rings is 1. The highest BCUT2D eigenvalue weighted by atomic mass is 32.1. The molecule has 1 aliphatic heterocycles. The van der Waals surface area contributed by atoms with Crippen LogP contribution in [0.25, 0.3) is 10.6 Å². The Morgan fingerprint density at radius 2 is 1.77 bits per heavy atom. The summed E-state index contributed by atoms with van der Waals surface area (Å²) in [5.74, 6) is -0.0515. The molecule has 30 heavy (non-hydrogen) atoms. The van der Waals surface area contributed by atoms with Crippen LogP contribution in [0.15, 0.2) is 41.1 Å². The van der Waals surface area contributed by atoms with E-state index in [-0.39, 0.29) is 5.91 Å². The van der Waals surface area contributed by atoms with Gasteiger partial charge in [0.1, 0.15) is 9.88 Å². The number of aryl methyl sites for hydroxylation is 1. The number of carbonyl (C=O) groups excluding carboxylic acids is 1. The van der Waals surface area contributed by atoms with Crippen molar-refractivity contribution in [1.82, 2.24) is 20.1 Å². The van der Waals surface area contributed by atoms with Gasteiger partial charge < -0.3 is 10.2 Å². The molecular weight excluding hydrogens is 412 g/mol. The van der Waals surface area contributed by atoms with E-state index >= 15 is 0 Å². The van der Waals surface area contributed by atoms with Gasteiger partial charge in [-0.15, -0.1) is 11.3 Å². The molecular formula is C23H28N4OS2. The minimum atomic E-state index is -0.0515. The average Bonchev–Trinajstić information content (AvgIpc) is 3.43. The predicted molar refractivity (Wildman–Crippen MR) is 125 cm³/mol. The van der Waals surface area contributed by atoms with Crippen LogP contribution in [0.4, 0.5) is 0 Å². The van der Waals surface area contributed by atoms with Crippen molar-refractivity contribution >= 4 is 28.6 Å². The number of carbonyl (C=O) groups is 1. The van der Waals surface area contributed by atoms with Gasteiger partial charge in [-0.05, 0) is 36.0 Å². The molecule has 3 heterocycles. The molecule has 158 valence electrons. The maximum absolute atomic E-state index is 12.7. The number of nitrogens with one attached hydrogen (secondary N) is 1. The Labute approximate surface area is 186 Å². The quantitative estimate of drug-likeness (QED) is 0.597. The minimum Gasteiger partial charge on any atom is -0.347 e. The second kappa shape index (κ2) is 9.83. The maximum atomic E-state index is 12.7. The first-order valence-corrected chi connectivity index (χ1v) is 12.2. The Bertz CT molecular complexity index is 958. The molecule has 1 N–H and O–H groups in total. The number of likely N-dealkylation sites (N-methyl/N-ethyl adjacent to an activating group) is 1. The minimum absolute atomic E-state index is 0.0515. The zero-order valence-corrected chi connectivity index (χ0v) is 19.2. The molecule has 3 aromatic rings. The standard InChI is InChI=1S/C23H28N4OS2/c1-3-26-9-11-27(12-10-26)15-19-6-4-18(5-7-19)14-24-22(28)21-17(2)25-23(30-21)20-8-13-29-16-20/h4-8,13,16H,3,9-12,14-15H2,1-2H3,(H,24,28). The van der Waals surface area contributed by atoms with Gasteiger partial charge in [0.2, 0.25) is 0 Å².